The van der Waals surface area contributed by atoms with Crippen molar-refractivity contribution in [2.45, 2.75) is 44.7 Å². The van der Waals surface area contributed by atoms with Crippen molar-refractivity contribution in [2.75, 3.05) is 32.6 Å². The standard InChI is InChI=1S/C28H35ClN4O5S/c1-20-23(29)8-6-9-24(20)39(36,37)19-30-15-7-10-25(34)32(5)18-21-11-13-22(14-12-21)26-31-16-17-33(26)27(35)38-28(2,3)4/h6-14,30H,15-19H2,1-5H3/b10-7+. The minimum Gasteiger partial charge on any atom is -0.443 e. The molecule has 1 N–H and O–H groups in total. The van der Waals surface area contributed by atoms with Crippen LogP contribution in [0.25, 0.3) is 0 Å². The average molecular weight is 575 g/mol. The van der Waals surface area contributed by atoms with Gasteiger partial charge in [-0.3, -0.25) is 20.0 Å². The molecule has 2 aromatic carbocycles. The molecule has 1 aliphatic heterocycles. The second-order valence-electron chi connectivity index (χ2n) is 10.2. The van der Waals surface area contributed by atoms with Crippen molar-refractivity contribution in [3.63, 3.8) is 0 Å². The Kier molecular flexibility index (Phi) is 9.93. The lowest BCUT2D eigenvalue weighted by atomic mass is 10.1. The van der Waals surface area contributed by atoms with Crippen LogP contribution < -0.4 is 5.32 Å². The summed E-state index contributed by atoms with van der Waals surface area (Å²) >= 11 is 6.04. The van der Waals surface area contributed by atoms with Gasteiger partial charge in [0.05, 0.1) is 18.0 Å². The number of hydrogen-bond donors (Lipinski definition) is 1. The number of ether oxygens (including phenoxy) is 1. The summed E-state index contributed by atoms with van der Waals surface area (Å²) in [6, 6.07) is 12.3. The van der Waals surface area contributed by atoms with Crippen molar-refractivity contribution < 1.29 is 22.7 Å². The van der Waals surface area contributed by atoms with Crippen LogP contribution in [0, 0.1) is 6.92 Å². The molecule has 2 amide bonds. The second kappa shape index (κ2) is 12.8. The Balaban J connectivity index is 1.49. The molecule has 0 spiro atoms. The van der Waals surface area contributed by atoms with E-state index in [9.17, 15) is 18.0 Å². The van der Waals surface area contributed by atoms with Gasteiger partial charge in [0, 0.05) is 36.8 Å². The van der Waals surface area contributed by atoms with E-state index < -0.39 is 21.5 Å². The number of aliphatic imine (C=N–C) groups is 1. The van der Waals surface area contributed by atoms with Crippen LogP contribution in [0.4, 0.5) is 4.79 Å². The lowest BCUT2D eigenvalue weighted by Gasteiger charge is -2.25. The smallest absolute Gasteiger partial charge is 0.416 e. The van der Waals surface area contributed by atoms with Crippen LogP contribution in [0.15, 0.2) is 64.5 Å². The van der Waals surface area contributed by atoms with Crippen LogP contribution in [0.5, 0.6) is 0 Å². The number of nitrogens with one attached hydrogen (secondary N) is 1. The van der Waals surface area contributed by atoms with Gasteiger partial charge in [-0.05, 0) is 51.0 Å². The molecule has 0 fully saturated rings. The van der Waals surface area contributed by atoms with E-state index in [-0.39, 0.29) is 23.2 Å². The van der Waals surface area contributed by atoms with Crippen LogP contribution in [0.2, 0.25) is 5.02 Å². The number of benzene rings is 2. The number of amides is 2. The summed E-state index contributed by atoms with van der Waals surface area (Å²) in [6.07, 6.45) is 2.57. The molecule has 0 aromatic heterocycles. The van der Waals surface area contributed by atoms with Crippen molar-refractivity contribution in [3.8, 4) is 0 Å². The number of likely N-dealkylation sites (N-methyl/N-ethyl adjacent to an activating group) is 1. The van der Waals surface area contributed by atoms with Crippen LogP contribution in [-0.2, 0) is 25.9 Å². The lowest BCUT2D eigenvalue weighted by molar-refractivity contribution is -0.125. The SMILES string of the molecule is Cc1c(Cl)cccc1S(=O)(=O)CNC/C=C/C(=O)N(C)Cc1ccc(C2=NCCN2C(=O)OC(C)(C)C)cc1. The molecule has 0 saturated carbocycles. The van der Waals surface area contributed by atoms with E-state index in [1.165, 1.54) is 17.0 Å². The predicted molar refractivity (Wildman–Crippen MR) is 153 cm³/mol. The maximum absolute atomic E-state index is 12.6. The molecule has 0 bridgehead atoms. The first kappa shape index (κ1) is 30.3. The van der Waals surface area contributed by atoms with Gasteiger partial charge in [-0.1, -0.05) is 48.0 Å². The average Bonchev–Trinajstić information content (AvgIpc) is 3.35. The van der Waals surface area contributed by atoms with Gasteiger partial charge in [0.25, 0.3) is 0 Å². The first-order valence-electron chi connectivity index (χ1n) is 12.5. The molecule has 9 nitrogen and oxygen atoms in total. The van der Waals surface area contributed by atoms with Gasteiger partial charge in [-0.15, -0.1) is 0 Å². The molecule has 0 unspecified atom stereocenters. The Labute approximate surface area is 235 Å². The monoisotopic (exact) mass is 574 g/mol. The Morgan fingerprint density at radius 2 is 1.87 bits per heavy atom. The first-order chi connectivity index (χ1) is 18.3. The van der Waals surface area contributed by atoms with Crippen molar-refractivity contribution >= 4 is 39.3 Å². The third-order valence-electron chi connectivity index (χ3n) is 5.83. The largest absolute Gasteiger partial charge is 0.443 e. The molecule has 210 valence electrons. The van der Waals surface area contributed by atoms with Crippen LogP contribution in [-0.4, -0.2) is 74.2 Å². The Hall–Kier alpha value is -3.21. The van der Waals surface area contributed by atoms with E-state index in [0.29, 0.717) is 36.1 Å². The van der Waals surface area contributed by atoms with Gasteiger partial charge in [0.2, 0.25) is 5.91 Å². The first-order valence-corrected chi connectivity index (χ1v) is 14.6. The highest BCUT2D eigenvalue weighted by molar-refractivity contribution is 7.91. The summed E-state index contributed by atoms with van der Waals surface area (Å²) in [6.45, 7) is 8.71. The van der Waals surface area contributed by atoms with E-state index >= 15 is 0 Å². The highest BCUT2D eigenvalue weighted by Gasteiger charge is 2.29. The summed E-state index contributed by atoms with van der Waals surface area (Å²) in [4.78, 5) is 32.8. The molecule has 1 heterocycles. The van der Waals surface area contributed by atoms with Crippen molar-refractivity contribution in [3.05, 3.63) is 76.3 Å². The number of carbonyl (C=O) groups is 2. The van der Waals surface area contributed by atoms with E-state index in [4.69, 9.17) is 16.3 Å². The lowest BCUT2D eigenvalue weighted by Crippen LogP contribution is -2.39. The van der Waals surface area contributed by atoms with Gasteiger partial charge in [-0.25, -0.2) is 13.2 Å². The predicted octanol–water partition coefficient (Wildman–Crippen LogP) is 4.18. The van der Waals surface area contributed by atoms with E-state index in [1.54, 1.807) is 37.1 Å². The number of amidine groups is 1. The molecular formula is C28H35ClN4O5S. The molecule has 0 radical (unpaired) electrons. The Bertz CT molecular complexity index is 1370. The number of halogens is 1. The van der Waals surface area contributed by atoms with Crippen molar-refractivity contribution in [1.29, 1.82) is 0 Å². The minimum absolute atomic E-state index is 0.186. The van der Waals surface area contributed by atoms with Crippen LogP contribution in [0.1, 0.15) is 37.5 Å². The number of rotatable bonds is 9. The topological polar surface area (TPSA) is 108 Å². The molecule has 1 aliphatic rings. The normalized spacial score (nSPS) is 14.0. The van der Waals surface area contributed by atoms with Crippen molar-refractivity contribution in [2.24, 2.45) is 4.99 Å². The summed E-state index contributed by atoms with van der Waals surface area (Å²) in [7, 11) is -1.87. The summed E-state index contributed by atoms with van der Waals surface area (Å²) < 4.78 is 30.6. The van der Waals surface area contributed by atoms with Gasteiger partial charge in [0.15, 0.2) is 9.84 Å². The number of nitrogens with zero attached hydrogens (tertiary/aromatic N) is 3. The maximum Gasteiger partial charge on any atom is 0.416 e. The van der Waals surface area contributed by atoms with Crippen LogP contribution >= 0.6 is 11.6 Å². The minimum atomic E-state index is -3.56. The van der Waals surface area contributed by atoms with Crippen molar-refractivity contribution in [1.82, 2.24) is 15.1 Å². The van der Waals surface area contributed by atoms with Gasteiger partial charge in [0.1, 0.15) is 17.3 Å². The molecule has 39 heavy (non-hydrogen) atoms. The van der Waals surface area contributed by atoms with E-state index in [2.05, 4.69) is 10.3 Å². The highest BCUT2D eigenvalue weighted by Crippen LogP contribution is 2.23. The fraction of sp³-hybridized carbons (Fsp3) is 0.393. The maximum atomic E-state index is 12.6. The van der Waals surface area contributed by atoms with E-state index in [0.717, 1.165) is 11.1 Å². The molecule has 0 atom stereocenters. The molecular weight excluding hydrogens is 540 g/mol. The molecule has 3 rings (SSSR count). The van der Waals surface area contributed by atoms with E-state index in [1.807, 2.05) is 45.0 Å². The number of sulfone groups is 1. The molecule has 0 aliphatic carbocycles. The zero-order chi connectivity index (χ0) is 28.8. The summed E-state index contributed by atoms with van der Waals surface area (Å²) in [5.74, 6) is 0.0832. The highest BCUT2D eigenvalue weighted by atomic mass is 35.5. The molecule has 11 heteroatoms. The fourth-order valence-corrected chi connectivity index (χ4v) is 5.50. The summed E-state index contributed by atoms with van der Waals surface area (Å²) in [5.41, 5.74) is 1.62. The van der Waals surface area contributed by atoms with Gasteiger partial charge in [-0.2, -0.15) is 0 Å². The second-order valence-corrected chi connectivity index (χ2v) is 12.6. The quantitative estimate of drug-likeness (QED) is 0.355. The Morgan fingerprint density at radius 3 is 2.54 bits per heavy atom. The fourth-order valence-electron chi connectivity index (χ4n) is 3.87. The Morgan fingerprint density at radius 1 is 1.18 bits per heavy atom. The third kappa shape index (κ3) is 8.39. The zero-order valence-corrected chi connectivity index (χ0v) is 24.5. The number of carbonyl (C=O) groups excluding carboxylic acids is 2. The molecule has 0 saturated heterocycles. The zero-order valence-electron chi connectivity index (χ0n) is 22.9. The third-order valence-corrected chi connectivity index (χ3v) is 7.94. The molecule has 2 aromatic rings. The number of hydrogen-bond acceptors (Lipinski definition) is 7. The van der Waals surface area contributed by atoms with Gasteiger partial charge < -0.3 is 9.64 Å². The van der Waals surface area contributed by atoms with Gasteiger partial charge >= 0.3 is 6.09 Å². The summed E-state index contributed by atoms with van der Waals surface area (Å²) in [5, 5.41) is 3.23. The van der Waals surface area contributed by atoms with Crippen LogP contribution in [0.3, 0.4) is 0 Å².